The Morgan fingerprint density at radius 1 is 1.38 bits per heavy atom. The van der Waals surface area contributed by atoms with E-state index in [1.165, 1.54) is 17.9 Å². The number of nitrogens with zero attached hydrogens (tertiary/aromatic N) is 1. The minimum atomic E-state index is -4.95. The molecule has 2 nitrogen and oxygen atoms in total. The molecule has 0 aromatic heterocycles. The van der Waals surface area contributed by atoms with Crippen LogP contribution in [0.4, 0.5) is 18.6 Å². The molecule has 1 aliphatic heterocycles. The van der Waals surface area contributed by atoms with E-state index in [9.17, 15) is 17.7 Å². The molecule has 0 saturated heterocycles. The molecule has 0 radical (unpaired) electrons. The van der Waals surface area contributed by atoms with Crippen LogP contribution in [0.15, 0.2) is 18.2 Å². The van der Waals surface area contributed by atoms with E-state index in [0.29, 0.717) is 24.2 Å². The number of carbonyl (C=O) groups is 1. The zero-order chi connectivity index (χ0) is 11.9. The van der Waals surface area contributed by atoms with Crippen LogP contribution in [0.5, 0.6) is 0 Å². The fourth-order valence-electron chi connectivity index (χ4n) is 1.95. The molecule has 0 atom stereocenters. The van der Waals surface area contributed by atoms with Crippen molar-refractivity contribution in [2.24, 2.45) is 0 Å². The van der Waals surface area contributed by atoms with Crippen molar-refractivity contribution < 1.29 is 17.7 Å². The van der Waals surface area contributed by atoms with Crippen LogP contribution in [0.25, 0.3) is 0 Å². The Morgan fingerprint density at radius 2 is 2.06 bits per heavy atom. The molecule has 1 amide bonds. The molecule has 1 aliphatic rings. The number of halogens is 3. The highest BCUT2D eigenvalue weighted by Gasteiger charge is 2.28. The lowest BCUT2D eigenvalue weighted by Crippen LogP contribution is -2.34. The molecule has 0 bridgehead atoms. The van der Waals surface area contributed by atoms with E-state index in [2.05, 4.69) is 0 Å². The molecule has 1 aromatic carbocycles. The monoisotopic (exact) mass is 228 g/mol. The van der Waals surface area contributed by atoms with E-state index >= 15 is 0 Å². The standard InChI is InChI=1S/C10H10BF3NO/c1-7(16)15-5-4-8-6-9(11(12,13)14)2-3-10(8)15/h2-3,6H,4-5H2,1H3/q-1. The minimum absolute atomic E-state index is 0.135. The summed E-state index contributed by atoms with van der Waals surface area (Å²) in [6, 6.07) is 3.58. The minimum Gasteiger partial charge on any atom is -0.445 e. The Bertz CT molecular complexity index is 444. The maximum absolute atomic E-state index is 12.5. The van der Waals surface area contributed by atoms with E-state index < -0.39 is 12.4 Å². The molecular formula is C10H10BF3NO-. The molecule has 6 heteroatoms. The van der Waals surface area contributed by atoms with Crippen LogP contribution in [-0.4, -0.2) is 19.4 Å². The van der Waals surface area contributed by atoms with Gasteiger partial charge < -0.3 is 17.8 Å². The predicted octanol–water partition coefficient (Wildman–Crippen LogP) is 1.65. The quantitative estimate of drug-likeness (QED) is 0.669. The molecular weight excluding hydrogens is 218 g/mol. The molecule has 0 fully saturated rings. The zero-order valence-electron chi connectivity index (χ0n) is 8.71. The first-order valence-corrected chi connectivity index (χ1v) is 5.00. The van der Waals surface area contributed by atoms with Crippen LogP contribution in [0.2, 0.25) is 0 Å². The summed E-state index contributed by atoms with van der Waals surface area (Å²) in [6.45, 7) is -3.07. The number of rotatable bonds is 1. The average Bonchev–Trinajstić information content (AvgIpc) is 2.58. The second-order valence-electron chi connectivity index (χ2n) is 3.88. The van der Waals surface area contributed by atoms with Gasteiger partial charge in [0.25, 0.3) is 0 Å². The molecule has 0 aliphatic carbocycles. The highest BCUT2D eigenvalue weighted by molar-refractivity contribution is 6.73. The van der Waals surface area contributed by atoms with Crippen molar-refractivity contribution in [1.82, 2.24) is 0 Å². The second-order valence-corrected chi connectivity index (χ2v) is 3.88. The summed E-state index contributed by atoms with van der Waals surface area (Å²) in [4.78, 5) is 12.7. The molecule has 0 saturated carbocycles. The first-order valence-electron chi connectivity index (χ1n) is 5.00. The van der Waals surface area contributed by atoms with E-state index in [4.69, 9.17) is 0 Å². The van der Waals surface area contributed by atoms with Crippen molar-refractivity contribution in [3.8, 4) is 0 Å². The van der Waals surface area contributed by atoms with Crippen LogP contribution in [0.1, 0.15) is 12.5 Å². The van der Waals surface area contributed by atoms with Gasteiger partial charge in [-0.3, -0.25) is 4.79 Å². The number of fused-ring (bicyclic) bond motifs is 1. The van der Waals surface area contributed by atoms with Crippen molar-refractivity contribution in [2.75, 3.05) is 11.4 Å². The third-order valence-corrected chi connectivity index (χ3v) is 2.76. The van der Waals surface area contributed by atoms with E-state index in [0.717, 1.165) is 12.1 Å². The molecule has 0 spiro atoms. The smallest absolute Gasteiger partial charge is 0.445 e. The summed E-state index contributed by atoms with van der Waals surface area (Å²) < 4.78 is 37.5. The highest BCUT2D eigenvalue weighted by Crippen LogP contribution is 2.27. The van der Waals surface area contributed by atoms with Gasteiger partial charge in [0.2, 0.25) is 5.91 Å². The van der Waals surface area contributed by atoms with E-state index in [-0.39, 0.29) is 5.91 Å². The molecule has 0 unspecified atom stereocenters. The van der Waals surface area contributed by atoms with Gasteiger partial charge in [0.15, 0.2) is 0 Å². The Hall–Kier alpha value is -1.46. The number of hydrogen-bond donors (Lipinski definition) is 0. The zero-order valence-corrected chi connectivity index (χ0v) is 8.71. The van der Waals surface area contributed by atoms with Gasteiger partial charge in [-0.1, -0.05) is 12.1 Å². The molecule has 2 rings (SSSR count). The lowest BCUT2D eigenvalue weighted by atomic mass is 9.79. The summed E-state index contributed by atoms with van der Waals surface area (Å²) in [5.74, 6) is -0.135. The normalized spacial score (nSPS) is 15.1. The third kappa shape index (κ3) is 1.79. The number of anilines is 1. The maximum Gasteiger partial charge on any atom is 0.509 e. The second kappa shape index (κ2) is 3.54. The van der Waals surface area contributed by atoms with Crippen LogP contribution in [0, 0.1) is 0 Å². The molecule has 1 heterocycles. The summed E-state index contributed by atoms with van der Waals surface area (Å²) in [5, 5.41) is 0. The van der Waals surface area contributed by atoms with Crippen LogP contribution in [0.3, 0.4) is 0 Å². The molecule has 1 aromatic rings. The van der Waals surface area contributed by atoms with Crippen molar-refractivity contribution in [1.29, 1.82) is 0 Å². The van der Waals surface area contributed by atoms with Crippen molar-refractivity contribution in [3.05, 3.63) is 23.8 Å². The van der Waals surface area contributed by atoms with Gasteiger partial charge in [0.1, 0.15) is 0 Å². The third-order valence-electron chi connectivity index (χ3n) is 2.76. The van der Waals surface area contributed by atoms with Gasteiger partial charge in [0.05, 0.1) is 0 Å². The number of hydrogen-bond acceptors (Lipinski definition) is 1. The van der Waals surface area contributed by atoms with Crippen molar-refractivity contribution >= 4 is 24.0 Å². The summed E-state index contributed by atoms with van der Waals surface area (Å²) in [6.07, 6.45) is 0.495. The lowest BCUT2D eigenvalue weighted by Gasteiger charge is -2.18. The fraction of sp³-hybridized carbons (Fsp3) is 0.300. The van der Waals surface area contributed by atoms with Gasteiger partial charge >= 0.3 is 6.98 Å². The largest absolute Gasteiger partial charge is 0.509 e. The lowest BCUT2D eigenvalue weighted by molar-refractivity contribution is -0.116. The number of benzene rings is 1. The molecule has 86 valence electrons. The Balaban J connectivity index is 2.40. The molecule has 0 N–H and O–H groups in total. The van der Waals surface area contributed by atoms with Crippen molar-refractivity contribution in [2.45, 2.75) is 13.3 Å². The van der Waals surface area contributed by atoms with Gasteiger partial charge in [-0.25, -0.2) is 0 Å². The maximum atomic E-state index is 12.5. The van der Waals surface area contributed by atoms with E-state index in [1.807, 2.05) is 0 Å². The summed E-state index contributed by atoms with van der Waals surface area (Å²) in [7, 11) is 0. The predicted molar refractivity (Wildman–Crippen MR) is 56.9 cm³/mol. The van der Waals surface area contributed by atoms with Crippen LogP contribution < -0.4 is 10.4 Å². The van der Waals surface area contributed by atoms with Crippen LogP contribution >= 0.6 is 0 Å². The Morgan fingerprint density at radius 3 is 2.62 bits per heavy atom. The Kier molecular flexibility index (Phi) is 2.44. The fourth-order valence-corrected chi connectivity index (χ4v) is 1.95. The van der Waals surface area contributed by atoms with E-state index in [1.54, 1.807) is 0 Å². The Labute approximate surface area is 91.1 Å². The highest BCUT2D eigenvalue weighted by atomic mass is 19.4. The van der Waals surface area contributed by atoms with Gasteiger partial charge in [0, 0.05) is 19.2 Å². The van der Waals surface area contributed by atoms with Gasteiger partial charge in [-0.2, -0.15) is 0 Å². The topological polar surface area (TPSA) is 20.3 Å². The molecule has 16 heavy (non-hydrogen) atoms. The van der Waals surface area contributed by atoms with Gasteiger partial charge in [-0.05, 0) is 18.1 Å². The number of carbonyl (C=O) groups excluding carboxylic acids is 1. The van der Waals surface area contributed by atoms with Crippen LogP contribution in [-0.2, 0) is 11.2 Å². The number of amides is 1. The first kappa shape index (κ1) is 11.0. The summed E-state index contributed by atoms with van der Waals surface area (Å²) >= 11 is 0. The first-order chi connectivity index (χ1) is 7.39. The average molecular weight is 228 g/mol. The summed E-state index contributed by atoms with van der Waals surface area (Å²) in [5.41, 5.74) is 0.618. The SMILES string of the molecule is CC(=O)N1CCc2cc([B-](F)(F)F)ccc21. The van der Waals surface area contributed by atoms with Crippen molar-refractivity contribution in [3.63, 3.8) is 0 Å². The van der Waals surface area contributed by atoms with Gasteiger partial charge in [-0.15, -0.1) is 5.46 Å².